The third-order valence-corrected chi connectivity index (χ3v) is 4.94. The molecule has 2 amide bonds. The summed E-state index contributed by atoms with van der Waals surface area (Å²) in [5.41, 5.74) is 0.905. The molecule has 2 N–H and O–H groups in total. The second kappa shape index (κ2) is 7.25. The molecule has 0 saturated carbocycles. The van der Waals surface area contributed by atoms with Crippen molar-refractivity contribution in [2.45, 2.75) is 34.6 Å². The van der Waals surface area contributed by atoms with Gasteiger partial charge in [-0.15, -0.1) is 11.3 Å². The van der Waals surface area contributed by atoms with E-state index in [1.165, 1.54) is 23.5 Å². The van der Waals surface area contributed by atoms with Crippen molar-refractivity contribution >= 4 is 39.5 Å². The van der Waals surface area contributed by atoms with Crippen molar-refractivity contribution in [1.82, 2.24) is 0 Å². The summed E-state index contributed by atoms with van der Waals surface area (Å²) in [6.45, 7) is 8.78. The van der Waals surface area contributed by atoms with Gasteiger partial charge in [-0.2, -0.15) is 0 Å². The highest BCUT2D eigenvalue weighted by molar-refractivity contribution is 7.18. The number of carbonyl (C=O) groups is 2. The van der Waals surface area contributed by atoms with E-state index < -0.39 is 10.3 Å². The molecule has 1 heterocycles. The van der Waals surface area contributed by atoms with Crippen molar-refractivity contribution < 1.29 is 14.5 Å². The SMILES string of the molecule is Cc1cc(NC(=O)C(C)(C)C)sc1C(=O)Nc1cccc([N+](=O)[O-])c1C. The van der Waals surface area contributed by atoms with Gasteiger partial charge in [-0.3, -0.25) is 19.7 Å². The van der Waals surface area contributed by atoms with Crippen LogP contribution in [-0.2, 0) is 4.79 Å². The van der Waals surface area contributed by atoms with E-state index in [1.807, 2.05) is 20.8 Å². The Labute approximate surface area is 155 Å². The summed E-state index contributed by atoms with van der Waals surface area (Å²) in [5.74, 6) is -0.507. The number of thiophene rings is 1. The first kappa shape index (κ1) is 19.6. The highest BCUT2D eigenvalue weighted by Crippen LogP contribution is 2.30. The summed E-state index contributed by atoms with van der Waals surface area (Å²) in [6.07, 6.45) is 0. The topological polar surface area (TPSA) is 101 Å². The van der Waals surface area contributed by atoms with Gasteiger partial charge in [-0.05, 0) is 31.5 Å². The fourth-order valence-electron chi connectivity index (χ4n) is 2.20. The zero-order valence-electron chi connectivity index (χ0n) is 15.3. The molecule has 7 nitrogen and oxygen atoms in total. The lowest BCUT2D eigenvalue weighted by Crippen LogP contribution is -2.27. The molecule has 0 aliphatic heterocycles. The third kappa shape index (κ3) is 4.26. The summed E-state index contributed by atoms with van der Waals surface area (Å²) >= 11 is 1.17. The maximum absolute atomic E-state index is 12.6. The van der Waals surface area contributed by atoms with Crippen molar-refractivity contribution in [1.29, 1.82) is 0 Å². The minimum atomic E-state index is -0.541. The Hall–Kier alpha value is -2.74. The number of nitrogens with zero attached hydrogens (tertiary/aromatic N) is 1. The van der Waals surface area contributed by atoms with E-state index in [4.69, 9.17) is 0 Å². The zero-order chi connectivity index (χ0) is 19.6. The van der Waals surface area contributed by atoms with Crippen molar-refractivity contribution in [2.75, 3.05) is 10.6 Å². The summed E-state index contributed by atoms with van der Waals surface area (Å²) in [5, 5.41) is 17.1. The maximum atomic E-state index is 12.6. The summed E-state index contributed by atoms with van der Waals surface area (Å²) in [4.78, 5) is 35.7. The molecule has 0 spiro atoms. The molecular weight excluding hydrogens is 354 g/mol. The molecule has 8 heteroatoms. The molecule has 0 radical (unpaired) electrons. The average molecular weight is 375 g/mol. The number of benzene rings is 1. The lowest BCUT2D eigenvalue weighted by atomic mass is 9.96. The van der Waals surface area contributed by atoms with Crippen LogP contribution in [0, 0.1) is 29.4 Å². The van der Waals surface area contributed by atoms with E-state index in [9.17, 15) is 19.7 Å². The van der Waals surface area contributed by atoms with Crippen LogP contribution in [0.2, 0.25) is 0 Å². The van der Waals surface area contributed by atoms with E-state index in [1.54, 1.807) is 26.0 Å². The van der Waals surface area contributed by atoms with Gasteiger partial charge in [0.1, 0.15) is 0 Å². The Bertz CT molecular complexity index is 881. The Balaban J connectivity index is 2.23. The van der Waals surface area contributed by atoms with Crippen LogP contribution in [0.5, 0.6) is 0 Å². The smallest absolute Gasteiger partial charge is 0.274 e. The molecule has 2 aromatic rings. The van der Waals surface area contributed by atoms with E-state index in [2.05, 4.69) is 10.6 Å². The van der Waals surface area contributed by atoms with Gasteiger partial charge < -0.3 is 10.6 Å². The second-order valence-electron chi connectivity index (χ2n) is 6.99. The first-order valence-corrected chi connectivity index (χ1v) is 8.79. The Morgan fingerprint density at radius 3 is 2.38 bits per heavy atom. The summed E-state index contributed by atoms with van der Waals surface area (Å²) in [6, 6.07) is 6.27. The predicted octanol–water partition coefficient (Wildman–Crippen LogP) is 4.51. The van der Waals surface area contributed by atoms with Crippen LogP contribution in [0.15, 0.2) is 24.3 Å². The Morgan fingerprint density at radius 1 is 1.15 bits per heavy atom. The minimum absolute atomic E-state index is 0.0520. The number of nitro groups is 1. The molecule has 26 heavy (non-hydrogen) atoms. The number of nitrogens with one attached hydrogen (secondary N) is 2. The Morgan fingerprint density at radius 2 is 1.81 bits per heavy atom. The van der Waals surface area contributed by atoms with Crippen LogP contribution in [0.3, 0.4) is 0 Å². The quantitative estimate of drug-likeness (QED) is 0.606. The number of amides is 2. The fraction of sp³-hybridized carbons (Fsp3) is 0.333. The molecule has 1 aromatic heterocycles. The molecule has 138 valence electrons. The van der Waals surface area contributed by atoms with Gasteiger partial charge in [0.15, 0.2) is 0 Å². The number of carbonyl (C=O) groups excluding carboxylic acids is 2. The molecule has 0 aliphatic rings. The van der Waals surface area contributed by atoms with Gasteiger partial charge in [0.25, 0.3) is 11.6 Å². The van der Waals surface area contributed by atoms with E-state index in [0.29, 0.717) is 21.1 Å². The number of anilines is 2. The lowest BCUT2D eigenvalue weighted by Gasteiger charge is -2.16. The van der Waals surface area contributed by atoms with Crippen molar-refractivity contribution in [3.8, 4) is 0 Å². The fourth-order valence-corrected chi connectivity index (χ4v) is 3.17. The number of nitro benzene ring substituents is 1. The van der Waals surface area contributed by atoms with Crippen LogP contribution < -0.4 is 10.6 Å². The summed E-state index contributed by atoms with van der Waals surface area (Å²) in [7, 11) is 0. The standard InChI is InChI=1S/C18H21N3O4S/c1-10-9-14(20-17(23)18(3,4)5)26-15(10)16(22)19-12-7-6-8-13(11(12)2)21(24)25/h6-9H,1-5H3,(H,19,22)(H,20,23). The monoisotopic (exact) mass is 375 g/mol. The molecular formula is C18H21N3O4S. The molecule has 0 fully saturated rings. The highest BCUT2D eigenvalue weighted by atomic mass is 32.1. The van der Waals surface area contributed by atoms with E-state index in [0.717, 1.165) is 5.56 Å². The van der Waals surface area contributed by atoms with Gasteiger partial charge >= 0.3 is 0 Å². The third-order valence-electron chi connectivity index (χ3n) is 3.79. The second-order valence-corrected chi connectivity index (χ2v) is 8.04. The van der Waals surface area contributed by atoms with Crippen molar-refractivity contribution in [3.05, 3.63) is 50.4 Å². The minimum Gasteiger partial charge on any atom is -0.321 e. The van der Waals surface area contributed by atoms with Crippen LogP contribution in [0.25, 0.3) is 0 Å². The number of hydrogen-bond donors (Lipinski definition) is 2. The number of rotatable bonds is 4. The van der Waals surface area contributed by atoms with Gasteiger partial charge in [-0.25, -0.2) is 0 Å². The van der Waals surface area contributed by atoms with Crippen LogP contribution in [-0.4, -0.2) is 16.7 Å². The first-order valence-electron chi connectivity index (χ1n) is 7.98. The van der Waals surface area contributed by atoms with Crippen LogP contribution >= 0.6 is 11.3 Å². The first-order chi connectivity index (χ1) is 12.0. The van der Waals surface area contributed by atoms with Gasteiger partial charge in [-0.1, -0.05) is 26.8 Å². The predicted molar refractivity (Wildman–Crippen MR) is 103 cm³/mol. The molecule has 0 unspecified atom stereocenters. The van der Waals surface area contributed by atoms with E-state index >= 15 is 0 Å². The molecule has 0 bridgehead atoms. The van der Waals surface area contributed by atoms with Gasteiger partial charge in [0, 0.05) is 11.5 Å². The number of hydrogen-bond acceptors (Lipinski definition) is 5. The zero-order valence-corrected chi connectivity index (χ0v) is 16.1. The Kier molecular flexibility index (Phi) is 5.46. The molecule has 0 atom stereocenters. The van der Waals surface area contributed by atoms with Crippen molar-refractivity contribution in [2.24, 2.45) is 5.41 Å². The van der Waals surface area contributed by atoms with E-state index in [-0.39, 0.29) is 17.5 Å². The summed E-state index contributed by atoms with van der Waals surface area (Å²) < 4.78 is 0. The van der Waals surface area contributed by atoms with Crippen LogP contribution in [0.1, 0.15) is 41.6 Å². The lowest BCUT2D eigenvalue weighted by molar-refractivity contribution is -0.385. The molecule has 1 aromatic carbocycles. The average Bonchev–Trinajstić information content (AvgIpc) is 2.88. The maximum Gasteiger partial charge on any atom is 0.274 e. The van der Waals surface area contributed by atoms with Gasteiger partial charge in [0.05, 0.1) is 26.1 Å². The van der Waals surface area contributed by atoms with Gasteiger partial charge in [0.2, 0.25) is 5.91 Å². The molecule has 2 rings (SSSR count). The highest BCUT2D eigenvalue weighted by Gasteiger charge is 2.23. The largest absolute Gasteiger partial charge is 0.321 e. The molecule has 0 aliphatic carbocycles. The molecule has 0 saturated heterocycles. The normalized spacial score (nSPS) is 11.1. The van der Waals surface area contributed by atoms with Crippen LogP contribution in [0.4, 0.5) is 16.4 Å². The van der Waals surface area contributed by atoms with Crippen molar-refractivity contribution in [3.63, 3.8) is 0 Å². The number of aryl methyl sites for hydroxylation is 1.